The van der Waals surface area contributed by atoms with Crippen LogP contribution in [-0.4, -0.2) is 47.4 Å². The number of carbonyl (C=O) groups excluding carboxylic acids is 2. The van der Waals surface area contributed by atoms with E-state index in [-0.39, 0.29) is 18.5 Å². The quantitative estimate of drug-likeness (QED) is 0.0321. The van der Waals surface area contributed by atoms with Gasteiger partial charge in [-0.2, -0.15) is 0 Å². The van der Waals surface area contributed by atoms with E-state index in [0.717, 1.165) is 57.8 Å². The number of hydrogen-bond donors (Lipinski definition) is 3. The highest BCUT2D eigenvalue weighted by Gasteiger charge is 2.18. The number of ether oxygens (including phenoxy) is 1. The molecule has 0 aromatic rings. The molecule has 3 N–H and O–H groups in total. The summed E-state index contributed by atoms with van der Waals surface area (Å²) in [5, 5.41) is 23.0. The summed E-state index contributed by atoms with van der Waals surface area (Å²) in [4.78, 5) is 24.4. The van der Waals surface area contributed by atoms with Crippen molar-refractivity contribution < 1.29 is 24.5 Å². The van der Waals surface area contributed by atoms with Crippen molar-refractivity contribution in [2.24, 2.45) is 0 Å². The Labute approximate surface area is 404 Å². The first-order valence-corrected chi connectivity index (χ1v) is 28.4. The normalized spacial score (nSPS) is 13.0. The average Bonchev–Trinajstić information content (AvgIpc) is 3.31. The maximum atomic E-state index is 12.4. The van der Waals surface area contributed by atoms with Gasteiger partial charge in [-0.15, -0.1) is 0 Å². The van der Waals surface area contributed by atoms with E-state index in [9.17, 15) is 19.8 Å². The zero-order valence-corrected chi connectivity index (χ0v) is 43.2. The third-order valence-corrected chi connectivity index (χ3v) is 12.8. The molecule has 2 unspecified atom stereocenters. The summed E-state index contributed by atoms with van der Waals surface area (Å²) >= 11 is 0. The van der Waals surface area contributed by atoms with Gasteiger partial charge < -0.3 is 20.3 Å². The molecular formula is C59H109NO5. The van der Waals surface area contributed by atoms with Crippen molar-refractivity contribution in [2.45, 2.75) is 302 Å². The number of rotatable bonds is 52. The maximum absolute atomic E-state index is 12.4. The summed E-state index contributed by atoms with van der Waals surface area (Å²) in [5.74, 6) is -0.0810. The molecule has 0 bridgehead atoms. The van der Waals surface area contributed by atoms with Crippen molar-refractivity contribution in [3.63, 3.8) is 0 Å². The number of nitrogens with one attached hydrogen (secondary N) is 1. The van der Waals surface area contributed by atoms with Gasteiger partial charge in [0.2, 0.25) is 5.91 Å². The van der Waals surface area contributed by atoms with Crippen LogP contribution in [0, 0.1) is 0 Å². The van der Waals surface area contributed by atoms with Crippen LogP contribution in [0.3, 0.4) is 0 Å². The predicted octanol–water partition coefficient (Wildman–Crippen LogP) is 17.4. The molecule has 0 aliphatic rings. The van der Waals surface area contributed by atoms with Crippen molar-refractivity contribution in [3.05, 3.63) is 48.6 Å². The Hall–Kier alpha value is -2.18. The van der Waals surface area contributed by atoms with E-state index < -0.39 is 12.1 Å². The number of unbranched alkanes of at least 4 members (excludes halogenated alkanes) is 35. The Morgan fingerprint density at radius 3 is 1.22 bits per heavy atom. The topological polar surface area (TPSA) is 95.9 Å². The van der Waals surface area contributed by atoms with Crippen LogP contribution < -0.4 is 5.32 Å². The average molecular weight is 913 g/mol. The number of aliphatic hydroxyl groups is 2. The molecule has 0 saturated carbocycles. The fraction of sp³-hybridized carbons (Fsp3) is 0.831. The maximum Gasteiger partial charge on any atom is 0.305 e. The number of amides is 1. The lowest BCUT2D eigenvalue weighted by Gasteiger charge is -2.20. The van der Waals surface area contributed by atoms with Crippen molar-refractivity contribution in [2.75, 3.05) is 13.2 Å². The zero-order valence-electron chi connectivity index (χ0n) is 43.2. The van der Waals surface area contributed by atoms with Crippen LogP contribution >= 0.6 is 0 Å². The van der Waals surface area contributed by atoms with Crippen molar-refractivity contribution in [1.82, 2.24) is 5.32 Å². The standard InChI is InChI=1S/C59H109NO5/c1-3-5-7-9-11-13-15-16-26-30-33-37-41-45-49-53-59(64)65-54-50-46-42-38-34-31-28-25-23-21-19-17-18-20-22-24-27-29-32-36-40-44-48-52-58(63)60-56(55-61)57(62)51-47-43-39-35-14-12-10-8-6-4-2/h11,13,16,20,22,26,47,51,56-57,61-62H,3-10,12,14-15,17-19,21,23-25,27-46,48-50,52-55H2,1-2H3,(H,60,63)/b13-11-,22-20-,26-16-,51-47+. The Balaban J connectivity index is 3.42. The first kappa shape index (κ1) is 62.8. The van der Waals surface area contributed by atoms with Crippen LogP contribution in [0.2, 0.25) is 0 Å². The molecule has 0 aliphatic heterocycles. The summed E-state index contributed by atoms with van der Waals surface area (Å²) in [6, 6.07) is -0.631. The van der Waals surface area contributed by atoms with Gasteiger partial charge in [0.25, 0.3) is 0 Å². The van der Waals surface area contributed by atoms with E-state index in [2.05, 4.69) is 55.6 Å². The Morgan fingerprint density at radius 1 is 0.431 bits per heavy atom. The fourth-order valence-electron chi connectivity index (χ4n) is 8.42. The van der Waals surface area contributed by atoms with Gasteiger partial charge in [-0.3, -0.25) is 9.59 Å². The number of carbonyl (C=O) groups is 2. The molecule has 1 amide bonds. The first-order chi connectivity index (χ1) is 32.0. The highest BCUT2D eigenvalue weighted by molar-refractivity contribution is 5.76. The lowest BCUT2D eigenvalue weighted by molar-refractivity contribution is -0.143. The van der Waals surface area contributed by atoms with E-state index in [1.807, 2.05) is 6.08 Å². The van der Waals surface area contributed by atoms with E-state index in [1.54, 1.807) is 6.08 Å². The Morgan fingerprint density at radius 2 is 0.769 bits per heavy atom. The molecular weight excluding hydrogens is 803 g/mol. The minimum atomic E-state index is -0.847. The minimum absolute atomic E-state index is 0.00384. The van der Waals surface area contributed by atoms with E-state index in [1.165, 1.54) is 205 Å². The lowest BCUT2D eigenvalue weighted by Crippen LogP contribution is -2.45. The second-order valence-corrected chi connectivity index (χ2v) is 19.3. The summed E-state index contributed by atoms with van der Waals surface area (Å²) in [5.41, 5.74) is 0. The molecule has 6 heteroatoms. The minimum Gasteiger partial charge on any atom is -0.466 e. The van der Waals surface area contributed by atoms with Gasteiger partial charge in [-0.1, -0.05) is 236 Å². The molecule has 6 nitrogen and oxygen atoms in total. The molecule has 0 fully saturated rings. The van der Waals surface area contributed by atoms with Gasteiger partial charge >= 0.3 is 5.97 Å². The summed E-state index contributed by atoms with van der Waals surface area (Å²) in [6.07, 6.45) is 68.5. The van der Waals surface area contributed by atoms with Gasteiger partial charge in [0.15, 0.2) is 0 Å². The lowest BCUT2D eigenvalue weighted by atomic mass is 10.0. The molecule has 380 valence electrons. The van der Waals surface area contributed by atoms with Crippen molar-refractivity contribution >= 4 is 11.9 Å². The van der Waals surface area contributed by atoms with E-state index >= 15 is 0 Å². The molecule has 0 rings (SSSR count). The number of allylic oxidation sites excluding steroid dienone is 7. The highest BCUT2D eigenvalue weighted by Crippen LogP contribution is 2.15. The van der Waals surface area contributed by atoms with E-state index in [4.69, 9.17) is 4.74 Å². The number of aliphatic hydroxyl groups excluding tert-OH is 2. The summed E-state index contributed by atoms with van der Waals surface area (Å²) < 4.78 is 5.47. The van der Waals surface area contributed by atoms with Crippen molar-refractivity contribution in [3.8, 4) is 0 Å². The monoisotopic (exact) mass is 912 g/mol. The largest absolute Gasteiger partial charge is 0.466 e. The number of esters is 1. The van der Waals surface area contributed by atoms with Gasteiger partial charge in [0.1, 0.15) is 0 Å². The first-order valence-electron chi connectivity index (χ1n) is 28.4. The van der Waals surface area contributed by atoms with Crippen LogP contribution in [0.25, 0.3) is 0 Å². The second kappa shape index (κ2) is 54.4. The molecule has 0 saturated heterocycles. The van der Waals surface area contributed by atoms with Gasteiger partial charge in [-0.25, -0.2) is 0 Å². The highest BCUT2D eigenvalue weighted by atomic mass is 16.5. The smallest absolute Gasteiger partial charge is 0.305 e. The predicted molar refractivity (Wildman–Crippen MR) is 282 cm³/mol. The van der Waals surface area contributed by atoms with Crippen molar-refractivity contribution in [1.29, 1.82) is 0 Å². The fourth-order valence-corrected chi connectivity index (χ4v) is 8.42. The van der Waals surface area contributed by atoms with E-state index in [0.29, 0.717) is 19.4 Å². The zero-order chi connectivity index (χ0) is 47.2. The third-order valence-electron chi connectivity index (χ3n) is 12.8. The van der Waals surface area contributed by atoms with Crippen LogP contribution in [0.5, 0.6) is 0 Å². The molecule has 0 aromatic heterocycles. The van der Waals surface area contributed by atoms with Crippen LogP contribution in [0.15, 0.2) is 48.6 Å². The molecule has 65 heavy (non-hydrogen) atoms. The SMILES string of the molecule is CCCCC/C=C\C/C=C\CCCCCCCC(=O)OCCCCCCCCCCCCCC/C=C\CCCCCCCCCC(=O)NC(CO)C(O)/C=C/CCCCCCCCCC. The molecule has 0 aromatic carbocycles. The number of hydrogen-bond acceptors (Lipinski definition) is 5. The van der Waals surface area contributed by atoms with Crippen LogP contribution in [0.1, 0.15) is 290 Å². The van der Waals surface area contributed by atoms with Crippen LogP contribution in [-0.2, 0) is 14.3 Å². The Kier molecular flexibility index (Phi) is 52.6. The van der Waals surface area contributed by atoms with Crippen LogP contribution in [0.4, 0.5) is 0 Å². The molecule has 0 radical (unpaired) electrons. The molecule has 0 spiro atoms. The molecule has 2 atom stereocenters. The van der Waals surface area contributed by atoms with Gasteiger partial charge in [0.05, 0.1) is 25.4 Å². The molecule has 0 heterocycles. The molecule has 0 aliphatic carbocycles. The summed E-state index contributed by atoms with van der Waals surface area (Å²) in [6.45, 7) is 4.84. The summed E-state index contributed by atoms with van der Waals surface area (Å²) in [7, 11) is 0. The second-order valence-electron chi connectivity index (χ2n) is 19.3. The third kappa shape index (κ3) is 51.1. The van der Waals surface area contributed by atoms with Gasteiger partial charge in [0, 0.05) is 12.8 Å². The Bertz CT molecular complexity index is 1100. The van der Waals surface area contributed by atoms with Gasteiger partial charge in [-0.05, 0) is 89.9 Å².